The van der Waals surface area contributed by atoms with Crippen LogP contribution in [0.15, 0.2) is 60.9 Å². The minimum absolute atomic E-state index is 0.506. The molecular formula is C18H15N4P. The van der Waals surface area contributed by atoms with Gasteiger partial charge in [-0.25, -0.2) is 4.98 Å². The fourth-order valence-electron chi connectivity index (χ4n) is 2.77. The maximum atomic E-state index is 5.84. The molecule has 0 saturated carbocycles. The molecule has 112 valence electrons. The van der Waals surface area contributed by atoms with Gasteiger partial charge in [-0.15, -0.1) is 9.24 Å². The van der Waals surface area contributed by atoms with Crippen LogP contribution < -0.4 is 11.0 Å². The number of aromatic nitrogens is 3. The van der Waals surface area contributed by atoms with Crippen LogP contribution in [0.4, 0.5) is 5.82 Å². The Hall–Kier alpha value is -2.71. The third kappa shape index (κ3) is 2.47. The summed E-state index contributed by atoms with van der Waals surface area (Å²) in [6, 6.07) is 16.2. The third-order valence-corrected chi connectivity index (χ3v) is 4.23. The molecule has 23 heavy (non-hydrogen) atoms. The Morgan fingerprint density at radius 2 is 1.61 bits per heavy atom. The summed E-state index contributed by atoms with van der Waals surface area (Å²) >= 11 is 0. The van der Waals surface area contributed by atoms with E-state index in [9.17, 15) is 0 Å². The van der Waals surface area contributed by atoms with E-state index in [2.05, 4.69) is 48.5 Å². The first kappa shape index (κ1) is 13.9. The van der Waals surface area contributed by atoms with E-state index in [1.165, 1.54) is 0 Å². The summed E-state index contributed by atoms with van der Waals surface area (Å²) in [5.74, 6) is 0.506. The fourth-order valence-corrected chi connectivity index (χ4v) is 2.96. The zero-order chi connectivity index (χ0) is 15.8. The van der Waals surface area contributed by atoms with Gasteiger partial charge in [0.2, 0.25) is 0 Å². The Bertz CT molecular complexity index is 975. The first-order valence-electron chi connectivity index (χ1n) is 7.27. The van der Waals surface area contributed by atoms with Crippen LogP contribution in [0.3, 0.4) is 0 Å². The van der Waals surface area contributed by atoms with Crippen molar-refractivity contribution < 1.29 is 0 Å². The van der Waals surface area contributed by atoms with Crippen LogP contribution in [0.25, 0.3) is 33.4 Å². The predicted molar refractivity (Wildman–Crippen MR) is 98.5 cm³/mol. The molecule has 5 heteroatoms. The monoisotopic (exact) mass is 318 g/mol. The lowest BCUT2D eigenvalue weighted by Crippen LogP contribution is -1.90. The van der Waals surface area contributed by atoms with Crippen LogP contribution in [0.5, 0.6) is 0 Å². The van der Waals surface area contributed by atoms with Gasteiger partial charge in [-0.1, -0.05) is 24.3 Å². The van der Waals surface area contributed by atoms with E-state index in [-0.39, 0.29) is 0 Å². The van der Waals surface area contributed by atoms with Crippen molar-refractivity contribution in [1.29, 1.82) is 0 Å². The summed E-state index contributed by atoms with van der Waals surface area (Å²) < 4.78 is 0. The molecule has 0 amide bonds. The van der Waals surface area contributed by atoms with Crippen molar-refractivity contribution in [2.45, 2.75) is 0 Å². The van der Waals surface area contributed by atoms with Gasteiger partial charge in [-0.3, -0.25) is 4.98 Å². The normalized spacial score (nSPS) is 11.0. The number of rotatable bonds is 2. The van der Waals surface area contributed by atoms with Crippen LogP contribution >= 0.6 is 9.24 Å². The van der Waals surface area contributed by atoms with Gasteiger partial charge >= 0.3 is 0 Å². The number of benzene rings is 1. The molecule has 0 spiro atoms. The molecule has 4 rings (SSSR count). The van der Waals surface area contributed by atoms with Crippen LogP contribution in [0.2, 0.25) is 0 Å². The Kier molecular flexibility index (Phi) is 3.32. The summed E-state index contributed by atoms with van der Waals surface area (Å²) in [7, 11) is 2.71. The number of pyridine rings is 2. The minimum Gasteiger partial charge on any atom is -0.384 e. The van der Waals surface area contributed by atoms with Crippen molar-refractivity contribution in [3.63, 3.8) is 0 Å². The second-order valence-corrected chi connectivity index (χ2v) is 6.03. The van der Waals surface area contributed by atoms with Gasteiger partial charge in [0.25, 0.3) is 0 Å². The van der Waals surface area contributed by atoms with Gasteiger partial charge in [0, 0.05) is 28.9 Å². The summed E-state index contributed by atoms with van der Waals surface area (Å²) in [6.07, 6.45) is 3.58. The van der Waals surface area contributed by atoms with Gasteiger partial charge in [0.1, 0.15) is 11.5 Å². The van der Waals surface area contributed by atoms with Gasteiger partial charge in [0.15, 0.2) is 0 Å². The van der Waals surface area contributed by atoms with Crippen molar-refractivity contribution >= 4 is 31.4 Å². The van der Waals surface area contributed by atoms with Crippen molar-refractivity contribution in [2.75, 3.05) is 5.73 Å². The number of anilines is 1. The maximum absolute atomic E-state index is 5.84. The highest BCUT2D eigenvalue weighted by molar-refractivity contribution is 7.27. The minimum atomic E-state index is 0.506. The quantitative estimate of drug-likeness (QED) is 0.557. The van der Waals surface area contributed by atoms with Crippen LogP contribution in [-0.2, 0) is 0 Å². The Balaban J connectivity index is 2.05. The summed E-state index contributed by atoms with van der Waals surface area (Å²) in [5, 5.41) is 2.21. The highest BCUT2D eigenvalue weighted by atomic mass is 31.0. The van der Waals surface area contributed by atoms with Crippen LogP contribution in [-0.4, -0.2) is 15.0 Å². The SMILES string of the molecule is Nc1ccc2c(-c3ccc(P)cc3)c(-c3ccncc3)[nH]c2n1. The number of nitrogens with two attached hydrogens (primary N) is 1. The van der Waals surface area contributed by atoms with Gasteiger partial charge in [0.05, 0.1) is 5.69 Å². The van der Waals surface area contributed by atoms with E-state index >= 15 is 0 Å². The number of aromatic amines is 1. The molecule has 0 bridgehead atoms. The van der Waals surface area contributed by atoms with Crippen LogP contribution in [0.1, 0.15) is 0 Å². The second-order valence-electron chi connectivity index (χ2n) is 5.37. The van der Waals surface area contributed by atoms with Crippen molar-refractivity contribution in [3.05, 3.63) is 60.9 Å². The number of H-pyrrole nitrogens is 1. The highest BCUT2D eigenvalue weighted by Gasteiger charge is 2.15. The van der Waals surface area contributed by atoms with E-state index in [1.807, 2.05) is 24.3 Å². The fraction of sp³-hybridized carbons (Fsp3) is 0. The lowest BCUT2D eigenvalue weighted by Gasteiger charge is -2.06. The molecule has 1 aromatic carbocycles. The lowest BCUT2D eigenvalue weighted by molar-refractivity contribution is 1.30. The zero-order valence-electron chi connectivity index (χ0n) is 12.3. The Morgan fingerprint density at radius 1 is 0.870 bits per heavy atom. The van der Waals surface area contributed by atoms with E-state index in [1.54, 1.807) is 12.4 Å². The van der Waals surface area contributed by atoms with E-state index in [4.69, 9.17) is 5.73 Å². The van der Waals surface area contributed by atoms with E-state index in [0.717, 1.165) is 38.7 Å². The molecule has 3 N–H and O–H groups in total. The highest BCUT2D eigenvalue weighted by Crippen LogP contribution is 2.37. The predicted octanol–water partition coefficient (Wildman–Crippen LogP) is 3.37. The average molecular weight is 318 g/mol. The maximum Gasteiger partial charge on any atom is 0.140 e. The molecule has 1 unspecified atom stereocenters. The summed E-state index contributed by atoms with van der Waals surface area (Å²) in [6.45, 7) is 0. The molecule has 0 saturated heterocycles. The number of hydrogen-bond donors (Lipinski definition) is 2. The molecular weight excluding hydrogens is 303 g/mol. The summed E-state index contributed by atoms with van der Waals surface area (Å²) in [5.41, 5.74) is 11.0. The Labute approximate surface area is 136 Å². The average Bonchev–Trinajstić information content (AvgIpc) is 2.95. The largest absolute Gasteiger partial charge is 0.384 e. The molecule has 0 fully saturated rings. The van der Waals surface area contributed by atoms with Gasteiger partial charge < -0.3 is 10.7 Å². The second kappa shape index (κ2) is 5.49. The molecule has 0 aliphatic heterocycles. The topological polar surface area (TPSA) is 67.6 Å². The molecule has 0 aliphatic carbocycles. The zero-order valence-corrected chi connectivity index (χ0v) is 13.5. The number of fused-ring (bicyclic) bond motifs is 1. The number of nitrogens with zero attached hydrogens (tertiary/aromatic N) is 2. The van der Waals surface area contributed by atoms with Gasteiger partial charge in [-0.2, -0.15) is 0 Å². The smallest absolute Gasteiger partial charge is 0.140 e. The van der Waals surface area contributed by atoms with Crippen molar-refractivity contribution in [1.82, 2.24) is 15.0 Å². The molecule has 4 nitrogen and oxygen atoms in total. The van der Waals surface area contributed by atoms with Crippen LogP contribution in [0, 0.1) is 0 Å². The molecule has 3 aromatic heterocycles. The standard InChI is InChI=1S/C18H15N4P/c19-15-6-5-14-16(11-1-3-13(23)4-2-11)17(22-18(14)21-15)12-7-9-20-10-8-12/h1-10H,23H2,(H3,19,21,22). The molecule has 0 radical (unpaired) electrons. The third-order valence-electron chi connectivity index (χ3n) is 3.85. The van der Waals surface area contributed by atoms with E-state index in [0.29, 0.717) is 5.82 Å². The first-order valence-corrected chi connectivity index (χ1v) is 7.84. The van der Waals surface area contributed by atoms with Crippen molar-refractivity contribution in [2.24, 2.45) is 0 Å². The molecule has 1 atom stereocenters. The number of nitrogen functional groups attached to an aromatic ring is 1. The lowest BCUT2D eigenvalue weighted by atomic mass is 9.99. The first-order chi connectivity index (χ1) is 11.2. The summed E-state index contributed by atoms with van der Waals surface area (Å²) in [4.78, 5) is 11.9. The number of hydrogen-bond acceptors (Lipinski definition) is 3. The van der Waals surface area contributed by atoms with Crippen molar-refractivity contribution in [3.8, 4) is 22.4 Å². The van der Waals surface area contributed by atoms with E-state index < -0.39 is 0 Å². The molecule has 3 heterocycles. The van der Waals surface area contributed by atoms with Gasteiger partial charge in [-0.05, 0) is 35.1 Å². The Morgan fingerprint density at radius 3 is 2.35 bits per heavy atom. The molecule has 0 aliphatic rings. The number of nitrogens with one attached hydrogen (secondary N) is 1. The molecule has 4 aromatic rings.